The number of nitrogens with two attached hydrogens (primary N) is 1. The van der Waals surface area contributed by atoms with Crippen molar-refractivity contribution in [3.8, 4) is 0 Å². The number of hydrogen-bond donors (Lipinski definition) is 1. The molecule has 2 heterocycles. The Kier molecular flexibility index (Phi) is 2.17. The molecule has 0 radical (unpaired) electrons. The Morgan fingerprint density at radius 2 is 2.58 bits per heavy atom. The second-order valence-electron chi connectivity index (χ2n) is 3.42. The fourth-order valence-corrected chi connectivity index (χ4v) is 2.38. The van der Waals surface area contributed by atoms with E-state index < -0.39 is 0 Å². The van der Waals surface area contributed by atoms with Gasteiger partial charge in [0, 0.05) is 23.4 Å². The molecule has 0 amide bonds. The molecule has 66 valence electrons. The van der Waals surface area contributed by atoms with E-state index in [4.69, 9.17) is 10.5 Å². The first-order chi connectivity index (χ1) is 5.79. The molecule has 1 aliphatic heterocycles. The van der Waals surface area contributed by atoms with Crippen molar-refractivity contribution in [3.05, 3.63) is 22.4 Å². The zero-order valence-electron chi connectivity index (χ0n) is 6.95. The van der Waals surface area contributed by atoms with E-state index >= 15 is 0 Å². The summed E-state index contributed by atoms with van der Waals surface area (Å²) in [6, 6.07) is 4.21. The molecular formula is C9H13NOS. The molecule has 0 aromatic carbocycles. The summed E-state index contributed by atoms with van der Waals surface area (Å²) in [5.41, 5.74) is 6.04. The van der Waals surface area contributed by atoms with Gasteiger partial charge in [-0.05, 0) is 17.9 Å². The summed E-state index contributed by atoms with van der Waals surface area (Å²) in [7, 11) is 0. The Morgan fingerprint density at radius 1 is 1.67 bits per heavy atom. The van der Waals surface area contributed by atoms with Crippen LogP contribution in [0.3, 0.4) is 0 Å². The largest absolute Gasteiger partial charge is 0.379 e. The number of ether oxygens (including phenoxy) is 1. The Morgan fingerprint density at radius 3 is 3.17 bits per heavy atom. The van der Waals surface area contributed by atoms with Crippen LogP contribution < -0.4 is 5.73 Å². The summed E-state index contributed by atoms with van der Waals surface area (Å²) in [6.45, 7) is 1.53. The smallest absolute Gasteiger partial charge is 0.0650 e. The van der Waals surface area contributed by atoms with Crippen LogP contribution in [0.25, 0.3) is 0 Å². The standard InChI is InChI=1S/C9H13NOS/c10-9(3-4-11-7-9)6-8-2-1-5-12-8/h1-2,5H,3-4,6-7,10H2. The van der Waals surface area contributed by atoms with Gasteiger partial charge < -0.3 is 10.5 Å². The third-order valence-corrected chi connectivity index (χ3v) is 3.12. The van der Waals surface area contributed by atoms with E-state index in [2.05, 4.69) is 17.5 Å². The average Bonchev–Trinajstić information content (AvgIpc) is 2.62. The minimum absolute atomic E-state index is 0.0924. The maximum atomic E-state index is 6.13. The minimum atomic E-state index is -0.0924. The van der Waals surface area contributed by atoms with E-state index in [9.17, 15) is 0 Å². The van der Waals surface area contributed by atoms with E-state index in [0.29, 0.717) is 6.61 Å². The van der Waals surface area contributed by atoms with Gasteiger partial charge in [-0.15, -0.1) is 11.3 Å². The molecule has 1 fully saturated rings. The van der Waals surface area contributed by atoms with Gasteiger partial charge in [-0.2, -0.15) is 0 Å². The van der Waals surface area contributed by atoms with E-state index in [-0.39, 0.29) is 5.54 Å². The highest BCUT2D eigenvalue weighted by molar-refractivity contribution is 7.09. The van der Waals surface area contributed by atoms with Gasteiger partial charge >= 0.3 is 0 Å². The number of rotatable bonds is 2. The van der Waals surface area contributed by atoms with Crippen molar-refractivity contribution in [1.29, 1.82) is 0 Å². The van der Waals surface area contributed by atoms with Crippen LogP contribution in [0.2, 0.25) is 0 Å². The first-order valence-corrected chi connectivity index (χ1v) is 5.06. The van der Waals surface area contributed by atoms with Crippen LogP contribution in [0.5, 0.6) is 0 Å². The van der Waals surface area contributed by atoms with E-state index in [1.165, 1.54) is 4.88 Å². The number of thiophene rings is 1. The first-order valence-electron chi connectivity index (χ1n) is 4.18. The zero-order chi connectivity index (χ0) is 8.44. The lowest BCUT2D eigenvalue weighted by atomic mass is 9.95. The van der Waals surface area contributed by atoms with Crippen molar-refractivity contribution < 1.29 is 4.74 Å². The SMILES string of the molecule is NC1(Cc2cccs2)CCOC1. The molecule has 2 nitrogen and oxygen atoms in total. The molecule has 1 atom stereocenters. The average molecular weight is 183 g/mol. The van der Waals surface area contributed by atoms with Gasteiger partial charge in [0.25, 0.3) is 0 Å². The Labute approximate surface area is 76.3 Å². The first kappa shape index (κ1) is 8.23. The summed E-state index contributed by atoms with van der Waals surface area (Å²) < 4.78 is 5.29. The van der Waals surface area contributed by atoms with E-state index in [0.717, 1.165) is 19.4 Å². The topological polar surface area (TPSA) is 35.2 Å². The van der Waals surface area contributed by atoms with Gasteiger partial charge in [0.2, 0.25) is 0 Å². The maximum Gasteiger partial charge on any atom is 0.0650 e. The quantitative estimate of drug-likeness (QED) is 0.752. The van der Waals surface area contributed by atoms with E-state index in [1.54, 1.807) is 11.3 Å². The molecule has 1 aromatic rings. The fourth-order valence-electron chi connectivity index (χ4n) is 1.52. The predicted octanol–water partition coefficient (Wildman–Crippen LogP) is 1.41. The van der Waals surface area contributed by atoms with Crippen LogP contribution in [0.4, 0.5) is 0 Å². The zero-order valence-corrected chi connectivity index (χ0v) is 7.77. The molecule has 2 N–H and O–H groups in total. The lowest BCUT2D eigenvalue weighted by Crippen LogP contribution is -2.42. The molecule has 1 unspecified atom stereocenters. The van der Waals surface area contributed by atoms with Gasteiger partial charge in [-0.25, -0.2) is 0 Å². The van der Waals surface area contributed by atoms with Crippen LogP contribution in [0.15, 0.2) is 17.5 Å². The summed E-state index contributed by atoms with van der Waals surface area (Å²) in [5, 5.41) is 2.09. The normalized spacial score (nSPS) is 29.4. The number of hydrogen-bond acceptors (Lipinski definition) is 3. The van der Waals surface area contributed by atoms with Gasteiger partial charge in [0.15, 0.2) is 0 Å². The van der Waals surface area contributed by atoms with Crippen molar-refractivity contribution in [2.24, 2.45) is 5.73 Å². The summed E-state index contributed by atoms with van der Waals surface area (Å²) in [5.74, 6) is 0. The third-order valence-electron chi connectivity index (χ3n) is 2.24. The second-order valence-corrected chi connectivity index (χ2v) is 4.45. The highest BCUT2D eigenvalue weighted by Crippen LogP contribution is 2.22. The third kappa shape index (κ3) is 1.68. The Balaban J connectivity index is 2.02. The van der Waals surface area contributed by atoms with E-state index in [1.807, 2.05) is 0 Å². The Hall–Kier alpha value is -0.380. The Bertz CT molecular complexity index is 239. The van der Waals surface area contributed by atoms with Crippen molar-refractivity contribution in [1.82, 2.24) is 0 Å². The summed E-state index contributed by atoms with van der Waals surface area (Å²) in [6.07, 6.45) is 1.95. The van der Waals surface area contributed by atoms with Gasteiger partial charge in [0.1, 0.15) is 0 Å². The molecular weight excluding hydrogens is 170 g/mol. The molecule has 1 aromatic heterocycles. The molecule has 0 aliphatic carbocycles. The van der Waals surface area contributed by atoms with Crippen LogP contribution in [0.1, 0.15) is 11.3 Å². The van der Waals surface area contributed by atoms with Crippen molar-refractivity contribution in [2.45, 2.75) is 18.4 Å². The molecule has 2 rings (SSSR count). The second kappa shape index (κ2) is 3.17. The molecule has 0 saturated carbocycles. The predicted molar refractivity (Wildman–Crippen MR) is 50.4 cm³/mol. The van der Waals surface area contributed by atoms with Crippen LogP contribution in [0, 0.1) is 0 Å². The highest BCUT2D eigenvalue weighted by atomic mass is 32.1. The van der Waals surface area contributed by atoms with Gasteiger partial charge in [0.05, 0.1) is 6.61 Å². The molecule has 1 saturated heterocycles. The van der Waals surface area contributed by atoms with Gasteiger partial charge in [-0.3, -0.25) is 0 Å². The lowest BCUT2D eigenvalue weighted by Gasteiger charge is -2.20. The van der Waals surface area contributed by atoms with Crippen LogP contribution in [-0.2, 0) is 11.2 Å². The van der Waals surface area contributed by atoms with Crippen molar-refractivity contribution in [2.75, 3.05) is 13.2 Å². The highest BCUT2D eigenvalue weighted by Gasteiger charge is 2.30. The maximum absolute atomic E-state index is 6.13. The minimum Gasteiger partial charge on any atom is -0.379 e. The monoisotopic (exact) mass is 183 g/mol. The summed E-state index contributed by atoms with van der Waals surface area (Å²) in [4.78, 5) is 1.36. The lowest BCUT2D eigenvalue weighted by molar-refractivity contribution is 0.178. The van der Waals surface area contributed by atoms with Gasteiger partial charge in [-0.1, -0.05) is 6.07 Å². The molecule has 0 bridgehead atoms. The van der Waals surface area contributed by atoms with Crippen LogP contribution >= 0.6 is 11.3 Å². The van der Waals surface area contributed by atoms with Crippen LogP contribution in [-0.4, -0.2) is 18.8 Å². The molecule has 12 heavy (non-hydrogen) atoms. The molecule has 3 heteroatoms. The molecule has 0 spiro atoms. The van der Waals surface area contributed by atoms with Crippen molar-refractivity contribution >= 4 is 11.3 Å². The molecule has 1 aliphatic rings. The summed E-state index contributed by atoms with van der Waals surface area (Å²) >= 11 is 1.77. The fraction of sp³-hybridized carbons (Fsp3) is 0.556. The van der Waals surface area contributed by atoms with Crippen molar-refractivity contribution in [3.63, 3.8) is 0 Å².